The number of aromatic hydroxyl groups is 1. The van der Waals surface area contributed by atoms with Crippen LogP contribution in [0.25, 0.3) is 0 Å². The molecule has 2 N–H and O–H groups in total. The van der Waals surface area contributed by atoms with Crippen molar-refractivity contribution < 1.29 is 5.11 Å². The van der Waals surface area contributed by atoms with Crippen molar-refractivity contribution in [2.75, 3.05) is 37.6 Å². The van der Waals surface area contributed by atoms with E-state index in [-0.39, 0.29) is 0 Å². The molecule has 0 bridgehead atoms. The molecular weight excluding hydrogens is 364 g/mol. The molecule has 0 radical (unpaired) electrons. The molecule has 0 spiro atoms. The normalized spacial score (nSPS) is 17.2. The lowest BCUT2D eigenvalue weighted by atomic mass is 9.88. The summed E-state index contributed by atoms with van der Waals surface area (Å²) < 4.78 is 0. The van der Waals surface area contributed by atoms with Crippen LogP contribution in [0.2, 0.25) is 0 Å². The van der Waals surface area contributed by atoms with Crippen LogP contribution in [-0.2, 0) is 19.4 Å². The molecule has 0 amide bonds. The SMILES string of the molecule is CCNC(=NCc1c(O)ccc2c1CCCC2)N1CCN(c2ncccn2)CC1. The topological polar surface area (TPSA) is 76.9 Å². The highest BCUT2D eigenvalue weighted by molar-refractivity contribution is 5.80. The zero-order valence-electron chi connectivity index (χ0n) is 17.1. The molecule has 2 aromatic rings. The first-order valence-electron chi connectivity index (χ1n) is 10.6. The molecule has 7 heteroatoms. The van der Waals surface area contributed by atoms with Gasteiger partial charge >= 0.3 is 0 Å². The van der Waals surface area contributed by atoms with Crippen LogP contribution < -0.4 is 10.2 Å². The van der Waals surface area contributed by atoms with E-state index in [0.717, 1.165) is 63.0 Å². The van der Waals surface area contributed by atoms with Crippen LogP contribution in [0, 0.1) is 0 Å². The number of phenols is 1. The Morgan fingerprint density at radius 3 is 2.62 bits per heavy atom. The fourth-order valence-corrected chi connectivity index (χ4v) is 4.22. The number of phenolic OH excluding ortho intramolecular Hbond substituents is 1. The van der Waals surface area contributed by atoms with Gasteiger partial charge in [-0.15, -0.1) is 0 Å². The van der Waals surface area contributed by atoms with E-state index >= 15 is 0 Å². The smallest absolute Gasteiger partial charge is 0.225 e. The number of rotatable bonds is 4. The van der Waals surface area contributed by atoms with E-state index in [2.05, 4.69) is 38.1 Å². The maximum absolute atomic E-state index is 10.5. The number of benzene rings is 1. The number of aromatic nitrogens is 2. The second kappa shape index (κ2) is 9.11. The van der Waals surface area contributed by atoms with Gasteiger partial charge in [-0.3, -0.25) is 0 Å². The molecule has 0 saturated carbocycles. The number of guanidine groups is 1. The van der Waals surface area contributed by atoms with Gasteiger partial charge in [0.2, 0.25) is 5.95 Å². The van der Waals surface area contributed by atoms with E-state index in [9.17, 15) is 5.11 Å². The van der Waals surface area contributed by atoms with Crippen LogP contribution in [-0.4, -0.2) is 58.7 Å². The van der Waals surface area contributed by atoms with Gasteiger partial charge < -0.3 is 20.2 Å². The zero-order chi connectivity index (χ0) is 20.1. The molecular formula is C22H30N6O. The third-order valence-corrected chi connectivity index (χ3v) is 5.76. The van der Waals surface area contributed by atoms with E-state index in [1.165, 1.54) is 24.0 Å². The quantitative estimate of drug-likeness (QED) is 0.612. The molecule has 1 aromatic heterocycles. The number of aliphatic imine (C=N–C) groups is 1. The first-order valence-corrected chi connectivity index (χ1v) is 10.6. The van der Waals surface area contributed by atoms with E-state index in [4.69, 9.17) is 4.99 Å². The van der Waals surface area contributed by atoms with Crippen LogP contribution in [0.15, 0.2) is 35.6 Å². The number of hydrogen-bond acceptors (Lipinski definition) is 5. The maximum atomic E-state index is 10.5. The van der Waals surface area contributed by atoms with Crippen LogP contribution in [0.5, 0.6) is 5.75 Å². The predicted molar refractivity (Wildman–Crippen MR) is 115 cm³/mol. The molecule has 7 nitrogen and oxygen atoms in total. The minimum atomic E-state index is 0.372. The van der Waals surface area contributed by atoms with Gasteiger partial charge in [0.1, 0.15) is 5.75 Å². The number of nitrogens with one attached hydrogen (secondary N) is 1. The molecule has 1 aliphatic carbocycles. The van der Waals surface area contributed by atoms with Gasteiger partial charge in [-0.25, -0.2) is 15.0 Å². The second-order valence-corrected chi connectivity index (χ2v) is 7.60. The molecule has 154 valence electrons. The summed E-state index contributed by atoms with van der Waals surface area (Å²) in [7, 11) is 0. The summed E-state index contributed by atoms with van der Waals surface area (Å²) in [6.07, 6.45) is 8.15. The monoisotopic (exact) mass is 394 g/mol. The molecule has 2 aliphatic rings. The summed E-state index contributed by atoms with van der Waals surface area (Å²) in [4.78, 5) is 18.1. The first-order chi connectivity index (χ1) is 14.3. The lowest BCUT2D eigenvalue weighted by Crippen LogP contribution is -2.53. The Balaban J connectivity index is 1.47. The summed E-state index contributed by atoms with van der Waals surface area (Å²) in [5.41, 5.74) is 3.68. The third kappa shape index (κ3) is 4.44. The Morgan fingerprint density at radius 2 is 1.86 bits per heavy atom. The van der Waals surface area contributed by atoms with Gasteiger partial charge in [-0.1, -0.05) is 6.07 Å². The number of aryl methyl sites for hydroxylation is 1. The molecule has 0 unspecified atom stereocenters. The van der Waals surface area contributed by atoms with Gasteiger partial charge in [0.15, 0.2) is 5.96 Å². The number of piperazine rings is 1. The Bertz CT molecular complexity index is 846. The third-order valence-electron chi connectivity index (χ3n) is 5.76. The molecule has 2 heterocycles. The molecule has 29 heavy (non-hydrogen) atoms. The number of fused-ring (bicyclic) bond motifs is 1. The lowest BCUT2D eigenvalue weighted by molar-refractivity contribution is 0.370. The highest BCUT2D eigenvalue weighted by Crippen LogP contribution is 2.31. The fourth-order valence-electron chi connectivity index (χ4n) is 4.22. The van der Waals surface area contributed by atoms with Crippen molar-refractivity contribution >= 4 is 11.9 Å². The number of nitrogens with zero attached hydrogens (tertiary/aromatic N) is 5. The number of anilines is 1. The van der Waals surface area contributed by atoms with Crippen molar-refractivity contribution in [3.63, 3.8) is 0 Å². The Kier molecular flexibility index (Phi) is 6.12. The van der Waals surface area contributed by atoms with Gasteiger partial charge in [0.05, 0.1) is 6.54 Å². The highest BCUT2D eigenvalue weighted by atomic mass is 16.3. The van der Waals surface area contributed by atoms with Crippen molar-refractivity contribution in [1.82, 2.24) is 20.2 Å². The van der Waals surface area contributed by atoms with E-state index < -0.39 is 0 Å². The molecule has 1 aromatic carbocycles. The van der Waals surface area contributed by atoms with Crippen LogP contribution in [0.4, 0.5) is 5.95 Å². The average molecular weight is 395 g/mol. The predicted octanol–water partition coefficient (Wildman–Crippen LogP) is 2.35. The van der Waals surface area contributed by atoms with Crippen molar-refractivity contribution in [2.24, 2.45) is 4.99 Å². The first kappa shape index (κ1) is 19.5. The Morgan fingerprint density at radius 1 is 1.10 bits per heavy atom. The minimum Gasteiger partial charge on any atom is -0.508 e. The van der Waals surface area contributed by atoms with Crippen LogP contribution >= 0.6 is 0 Å². The summed E-state index contributed by atoms with van der Waals surface area (Å²) in [5.74, 6) is 2.07. The van der Waals surface area contributed by atoms with E-state index in [0.29, 0.717) is 12.3 Å². The van der Waals surface area contributed by atoms with Crippen molar-refractivity contribution in [3.05, 3.63) is 47.3 Å². The summed E-state index contributed by atoms with van der Waals surface area (Å²) >= 11 is 0. The summed E-state index contributed by atoms with van der Waals surface area (Å²) in [5, 5.41) is 13.9. The zero-order valence-corrected chi connectivity index (χ0v) is 17.1. The molecule has 0 atom stereocenters. The van der Waals surface area contributed by atoms with E-state index in [1.807, 2.05) is 12.1 Å². The molecule has 1 fully saturated rings. The van der Waals surface area contributed by atoms with Crippen molar-refractivity contribution in [3.8, 4) is 5.75 Å². The standard InChI is InChI=1S/C22H30N6O/c1-2-23-21(27-12-14-28(15-13-27)22-24-10-5-11-25-22)26-16-19-18-7-4-3-6-17(18)8-9-20(19)29/h5,8-11,29H,2-4,6-7,12-16H2,1H3,(H,23,26). The summed E-state index contributed by atoms with van der Waals surface area (Å²) in [6, 6.07) is 5.75. The Hall–Kier alpha value is -2.83. The van der Waals surface area contributed by atoms with Gasteiger partial charge in [-0.05, 0) is 55.9 Å². The molecule has 1 saturated heterocycles. The average Bonchev–Trinajstić information content (AvgIpc) is 2.78. The lowest BCUT2D eigenvalue weighted by Gasteiger charge is -2.36. The van der Waals surface area contributed by atoms with Gasteiger partial charge in [-0.2, -0.15) is 0 Å². The highest BCUT2D eigenvalue weighted by Gasteiger charge is 2.22. The van der Waals surface area contributed by atoms with Crippen molar-refractivity contribution in [1.29, 1.82) is 0 Å². The molecule has 1 aliphatic heterocycles. The minimum absolute atomic E-state index is 0.372. The Labute approximate surface area is 172 Å². The van der Waals surface area contributed by atoms with Crippen LogP contribution in [0.1, 0.15) is 36.5 Å². The number of hydrogen-bond donors (Lipinski definition) is 2. The van der Waals surface area contributed by atoms with Crippen LogP contribution in [0.3, 0.4) is 0 Å². The van der Waals surface area contributed by atoms with Gasteiger partial charge in [0.25, 0.3) is 0 Å². The second-order valence-electron chi connectivity index (χ2n) is 7.60. The maximum Gasteiger partial charge on any atom is 0.225 e. The largest absolute Gasteiger partial charge is 0.508 e. The van der Waals surface area contributed by atoms with Gasteiger partial charge in [0, 0.05) is 50.7 Å². The molecule has 4 rings (SSSR count). The van der Waals surface area contributed by atoms with Crippen molar-refractivity contribution in [2.45, 2.75) is 39.2 Å². The fraction of sp³-hybridized carbons (Fsp3) is 0.500. The summed E-state index contributed by atoms with van der Waals surface area (Å²) in [6.45, 7) is 6.87. The van der Waals surface area contributed by atoms with E-state index in [1.54, 1.807) is 12.4 Å².